The topological polar surface area (TPSA) is 58.2 Å². The number of carbonyl (C=O) groups is 2. The van der Waals surface area contributed by atoms with Gasteiger partial charge in [0, 0.05) is 23.4 Å². The molecule has 2 amide bonds. The van der Waals surface area contributed by atoms with Gasteiger partial charge in [0.2, 0.25) is 11.8 Å². The number of allylic oxidation sites excluding steroid dienone is 3. The molecule has 1 fully saturated rings. The second kappa shape index (κ2) is 6.88. The number of benzene rings is 1. The highest BCUT2D eigenvalue weighted by Gasteiger charge is 2.29. The molecule has 0 aliphatic heterocycles. The van der Waals surface area contributed by atoms with E-state index in [2.05, 4.69) is 10.6 Å². The molecule has 1 aliphatic carbocycles. The molecule has 0 unspecified atom stereocenters. The molecule has 2 N–H and O–H groups in total. The normalized spacial score (nSPS) is 14.6. The van der Waals surface area contributed by atoms with Crippen molar-refractivity contribution in [1.82, 2.24) is 0 Å². The summed E-state index contributed by atoms with van der Waals surface area (Å²) in [5.41, 5.74) is 2.37. The van der Waals surface area contributed by atoms with E-state index in [0.29, 0.717) is 11.4 Å². The second-order valence-electron chi connectivity index (χ2n) is 5.17. The quantitative estimate of drug-likeness (QED) is 0.643. The van der Waals surface area contributed by atoms with E-state index in [4.69, 9.17) is 0 Å². The molecule has 0 spiro atoms. The number of nitrogens with one attached hydrogen (secondary N) is 2. The van der Waals surface area contributed by atoms with Crippen LogP contribution in [0.2, 0.25) is 0 Å². The smallest absolute Gasteiger partial charge is 0.248 e. The Bertz CT molecular complexity index is 599. The summed E-state index contributed by atoms with van der Waals surface area (Å²) in [6.45, 7) is 3.80. The largest absolute Gasteiger partial charge is 0.326 e. The molecule has 0 atom stereocenters. The van der Waals surface area contributed by atoms with Crippen molar-refractivity contribution in [2.24, 2.45) is 5.92 Å². The van der Waals surface area contributed by atoms with E-state index < -0.39 is 0 Å². The molecule has 2 rings (SSSR count). The van der Waals surface area contributed by atoms with Gasteiger partial charge >= 0.3 is 0 Å². The van der Waals surface area contributed by atoms with Gasteiger partial charge < -0.3 is 10.6 Å². The monoisotopic (exact) mass is 284 g/mol. The van der Waals surface area contributed by atoms with Gasteiger partial charge in [-0.25, -0.2) is 0 Å². The van der Waals surface area contributed by atoms with Gasteiger partial charge in [-0.2, -0.15) is 0 Å². The number of anilines is 2. The fourth-order valence-electron chi connectivity index (χ4n) is 1.85. The highest BCUT2D eigenvalue weighted by atomic mass is 16.2. The molecule has 0 radical (unpaired) electrons. The fraction of sp³-hybridized carbons (Fsp3) is 0.294. The van der Waals surface area contributed by atoms with Crippen molar-refractivity contribution in [3.63, 3.8) is 0 Å². The average Bonchev–Trinajstić information content (AvgIpc) is 3.27. The summed E-state index contributed by atoms with van der Waals surface area (Å²) in [5.74, 6) is 0.0269. The maximum absolute atomic E-state index is 11.8. The van der Waals surface area contributed by atoms with Crippen LogP contribution in [0.25, 0.3) is 0 Å². The standard InChI is InChI=1S/C17H20N2O2/c1-3-4-5-6-16(20)19-15-11-14(10-7-12(15)2)18-17(21)13-8-9-13/h3-7,10-11,13H,8-9H2,1-2H3,(H,18,21)(H,19,20)/b4-3+,6-5+. The van der Waals surface area contributed by atoms with Crippen molar-refractivity contribution in [2.75, 3.05) is 10.6 Å². The molecule has 4 nitrogen and oxygen atoms in total. The number of carbonyl (C=O) groups excluding carboxylic acids is 2. The summed E-state index contributed by atoms with van der Waals surface area (Å²) >= 11 is 0. The lowest BCUT2D eigenvalue weighted by atomic mass is 10.1. The lowest BCUT2D eigenvalue weighted by Crippen LogP contribution is -2.14. The second-order valence-corrected chi connectivity index (χ2v) is 5.17. The van der Waals surface area contributed by atoms with E-state index in [1.165, 1.54) is 6.08 Å². The van der Waals surface area contributed by atoms with Crippen LogP contribution in [-0.4, -0.2) is 11.8 Å². The summed E-state index contributed by atoms with van der Waals surface area (Å²) in [6.07, 6.45) is 8.73. The lowest BCUT2D eigenvalue weighted by molar-refractivity contribution is -0.117. The van der Waals surface area contributed by atoms with E-state index in [9.17, 15) is 9.59 Å². The van der Waals surface area contributed by atoms with Gasteiger partial charge in [0.1, 0.15) is 0 Å². The van der Waals surface area contributed by atoms with Crippen LogP contribution in [0.4, 0.5) is 11.4 Å². The van der Waals surface area contributed by atoms with Crippen LogP contribution in [0, 0.1) is 12.8 Å². The molecule has 1 aromatic carbocycles. The molecule has 0 saturated heterocycles. The first-order valence-electron chi connectivity index (χ1n) is 7.12. The van der Waals surface area contributed by atoms with Crippen molar-refractivity contribution in [2.45, 2.75) is 26.7 Å². The molecular weight excluding hydrogens is 264 g/mol. The zero-order valence-electron chi connectivity index (χ0n) is 12.3. The Balaban J connectivity index is 2.04. The van der Waals surface area contributed by atoms with E-state index in [1.54, 1.807) is 18.2 Å². The molecule has 1 aliphatic rings. The first kappa shape index (κ1) is 15.0. The predicted molar refractivity (Wildman–Crippen MR) is 85.1 cm³/mol. The van der Waals surface area contributed by atoms with Crippen LogP contribution in [-0.2, 0) is 9.59 Å². The molecule has 4 heteroatoms. The maximum Gasteiger partial charge on any atom is 0.248 e. The van der Waals surface area contributed by atoms with Gasteiger partial charge in [-0.1, -0.05) is 24.3 Å². The minimum Gasteiger partial charge on any atom is -0.326 e. The summed E-state index contributed by atoms with van der Waals surface area (Å²) in [5, 5.41) is 5.69. The van der Waals surface area contributed by atoms with E-state index in [0.717, 1.165) is 18.4 Å². The van der Waals surface area contributed by atoms with E-state index in [-0.39, 0.29) is 17.7 Å². The summed E-state index contributed by atoms with van der Waals surface area (Å²) in [6, 6.07) is 5.52. The lowest BCUT2D eigenvalue weighted by Gasteiger charge is -2.10. The Morgan fingerprint density at radius 1 is 1.19 bits per heavy atom. The van der Waals surface area contributed by atoms with Gasteiger partial charge in [0.25, 0.3) is 0 Å². The molecule has 0 heterocycles. The zero-order chi connectivity index (χ0) is 15.2. The highest BCUT2D eigenvalue weighted by Crippen LogP contribution is 2.30. The van der Waals surface area contributed by atoms with Crippen LogP contribution in [0.1, 0.15) is 25.3 Å². The van der Waals surface area contributed by atoms with Gasteiger partial charge in [-0.05, 0) is 44.4 Å². The molecule has 1 saturated carbocycles. The fourth-order valence-corrected chi connectivity index (χ4v) is 1.85. The van der Waals surface area contributed by atoms with Crippen LogP contribution in [0.3, 0.4) is 0 Å². The summed E-state index contributed by atoms with van der Waals surface area (Å²) in [4.78, 5) is 23.5. The summed E-state index contributed by atoms with van der Waals surface area (Å²) in [7, 11) is 0. The minimum absolute atomic E-state index is 0.0594. The SMILES string of the molecule is C/C=C/C=C/C(=O)Nc1cc(NC(=O)C2CC2)ccc1C. The van der Waals surface area contributed by atoms with Gasteiger partial charge in [-0.15, -0.1) is 0 Å². The number of hydrogen-bond acceptors (Lipinski definition) is 2. The summed E-state index contributed by atoms with van der Waals surface area (Å²) < 4.78 is 0. The third-order valence-electron chi connectivity index (χ3n) is 3.26. The minimum atomic E-state index is -0.193. The van der Waals surface area contributed by atoms with Crippen molar-refractivity contribution >= 4 is 23.2 Å². The Hall–Kier alpha value is -2.36. The van der Waals surface area contributed by atoms with Crippen molar-refractivity contribution in [3.05, 3.63) is 48.1 Å². The Morgan fingerprint density at radius 2 is 1.95 bits per heavy atom. The van der Waals surface area contributed by atoms with Gasteiger partial charge in [-0.3, -0.25) is 9.59 Å². The molecular formula is C17H20N2O2. The molecule has 21 heavy (non-hydrogen) atoms. The third-order valence-corrected chi connectivity index (χ3v) is 3.26. The van der Waals surface area contributed by atoms with Crippen LogP contribution >= 0.6 is 0 Å². The van der Waals surface area contributed by atoms with Crippen molar-refractivity contribution in [3.8, 4) is 0 Å². The molecule has 1 aromatic rings. The molecule has 0 aromatic heterocycles. The Kier molecular flexibility index (Phi) is 4.93. The predicted octanol–water partition coefficient (Wildman–Crippen LogP) is 3.41. The van der Waals surface area contributed by atoms with E-state index in [1.807, 2.05) is 32.1 Å². The maximum atomic E-state index is 11.8. The number of aryl methyl sites for hydroxylation is 1. The zero-order valence-corrected chi connectivity index (χ0v) is 12.3. The molecule has 0 bridgehead atoms. The van der Waals surface area contributed by atoms with E-state index >= 15 is 0 Å². The van der Waals surface area contributed by atoms with Crippen LogP contribution in [0.15, 0.2) is 42.5 Å². The first-order chi connectivity index (χ1) is 10.1. The van der Waals surface area contributed by atoms with Gasteiger partial charge in [0.05, 0.1) is 0 Å². The first-order valence-corrected chi connectivity index (χ1v) is 7.12. The number of amides is 2. The van der Waals surface area contributed by atoms with Crippen molar-refractivity contribution < 1.29 is 9.59 Å². The Morgan fingerprint density at radius 3 is 2.62 bits per heavy atom. The van der Waals surface area contributed by atoms with Crippen molar-refractivity contribution in [1.29, 1.82) is 0 Å². The number of rotatable bonds is 5. The average molecular weight is 284 g/mol. The van der Waals surface area contributed by atoms with Crippen LogP contribution < -0.4 is 10.6 Å². The molecule has 110 valence electrons. The van der Waals surface area contributed by atoms with Crippen LogP contribution in [0.5, 0.6) is 0 Å². The highest BCUT2D eigenvalue weighted by molar-refractivity contribution is 6.01. The Labute approximate surface area is 124 Å². The van der Waals surface area contributed by atoms with Gasteiger partial charge in [0.15, 0.2) is 0 Å². The third kappa shape index (κ3) is 4.60. The number of hydrogen-bond donors (Lipinski definition) is 2.